The van der Waals surface area contributed by atoms with Crippen molar-refractivity contribution in [1.29, 1.82) is 0 Å². The maximum atomic E-state index is 13.2. The lowest BCUT2D eigenvalue weighted by molar-refractivity contribution is 0.0695. The van der Waals surface area contributed by atoms with Crippen molar-refractivity contribution in [3.05, 3.63) is 63.4 Å². The number of aromatic nitrogens is 1. The third-order valence-corrected chi connectivity index (χ3v) is 6.67. The van der Waals surface area contributed by atoms with Crippen LogP contribution in [0.1, 0.15) is 70.1 Å². The van der Waals surface area contributed by atoms with Crippen molar-refractivity contribution in [3.63, 3.8) is 0 Å². The van der Waals surface area contributed by atoms with Crippen molar-refractivity contribution >= 4 is 27.7 Å². The number of hydrogen-bond donors (Lipinski definition) is 0. The van der Waals surface area contributed by atoms with Gasteiger partial charge in [0.2, 0.25) is 0 Å². The van der Waals surface area contributed by atoms with Crippen LogP contribution in [-0.4, -0.2) is 52.8 Å². The van der Waals surface area contributed by atoms with Crippen LogP contribution >= 0.6 is 15.9 Å². The Kier molecular flexibility index (Phi) is 6.52. The van der Waals surface area contributed by atoms with Crippen LogP contribution in [0.4, 0.5) is 0 Å². The van der Waals surface area contributed by atoms with Crippen LogP contribution in [0.2, 0.25) is 0 Å². The Bertz CT molecular complexity index is 932. The molecule has 0 N–H and O–H groups in total. The zero-order valence-electron chi connectivity index (χ0n) is 17.4. The van der Waals surface area contributed by atoms with Crippen LogP contribution in [0.25, 0.3) is 0 Å². The molecule has 2 fully saturated rings. The van der Waals surface area contributed by atoms with Crippen LogP contribution in [0, 0.1) is 6.92 Å². The molecule has 5 nitrogen and oxygen atoms in total. The van der Waals surface area contributed by atoms with E-state index in [1.54, 1.807) is 0 Å². The molecular weight excluding hydrogens is 442 g/mol. The van der Waals surface area contributed by atoms with E-state index < -0.39 is 0 Å². The fourth-order valence-corrected chi connectivity index (χ4v) is 4.90. The smallest absolute Gasteiger partial charge is 0.255 e. The molecule has 0 spiro atoms. The van der Waals surface area contributed by atoms with Crippen molar-refractivity contribution in [2.24, 2.45) is 0 Å². The van der Waals surface area contributed by atoms with E-state index in [4.69, 9.17) is 4.98 Å². The fraction of sp³-hybridized carbons (Fsp3) is 0.458. The van der Waals surface area contributed by atoms with Crippen molar-refractivity contribution in [1.82, 2.24) is 14.8 Å². The molecule has 2 aromatic rings. The van der Waals surface area contributed by atoms with Gasteiger partial charge in [-0.3, -0.25) is 14.6 Å². The summed E-state index contributed by atoms with van der Waals surface area (Å²) in [6.07, 6.45) is 5.02. The van der Waals surface area contributed by atoms with Gasteiger partial charge >= 0.3 is 0 Å². The second-order valence-electron chi connectivity index (χ2n) is 8.32. The fourth-order valence-electron chi connectivity index (χ4n) is 4.50. The van der Waals surface area contributed by atoms with Gasteiger partial charge in [-0.1, -0.05) is 22.0 Å². The molecule has 0 unspecified atom stereocenters. The monoisotopic (exact) mass is 469 g/mol. The second kappa shape index (κ2) is 9.29. The van der Waals surface area contributed by atoms with E-state index in [0.717, 1.165) is 60.2 Å². The van der Waals surface area contributed by atoms with E-state index in [9.17, 15) is 9.59 Å². The lowest BCUT2D eigenvalue weighted by Crippen LogP contribution is -2.39. The van der Waals surface area contributed by atoms with Crippen LogP contribution < -0.4 is 0 Å². The van der Waals surface area contributed by atoms with Crippen molar-refractivity contribution in [3.8, 4) is 0 Å². The molecule has 1 aromatic carbocycles. The molecule has 3 heterocycles. The van der Waals surface area contributed by atoms with E-state index in [1.807, 2.05) is 53.1 Å². The first kappa shape index (κ1) is 21.0. The number of halogens is 1. The molecule has 0 bridgehead atoms. The number of amides is 2. The molecule has 1 aromatic heterocycles. The summed E-state index contributed by atoms with van der Waals surface area (Å²) >= 11 is 3.44. The standard InChI is InChI=1S/C24H28BrN3O2/c1-17-8-9-21(24(30)27-12-3-2-4-13-27)22(26-17)18-10-14-28(15-11-18)23(29)19-6-5-7-20(25)16-19/h5-9,16,18H,2-4,10-15H2,1H3. The number of piperidine rings is 2. The summed E-state index contributed by atoms with van der Waals surface area (Å²) in [5.41, 5.74) is 3.31. The van der Waals surface area contributed by atoms with Crippen molar-refractivity contribution < 1.29 is 9.59 Å². The van der Waals surface area contributed by atoms with Gasteiger partial charge in [0, 0.05) is 47.8 Å². The van der Waals surface area contributed by atoms with Gasteiger partial charge in [0.25, 0.3) is 11.8 Å². The molecule has 158 valence electrons. The van der Waals surface area contributed by atoms with Crippen molar-refractivity contribution in [2.75, 3.05) is 26.2 Å². The Balaban J connectivity index is 1.48. The topological polar surface area (TPSA) is 53.5 Å². The Hall–Kier alpha value is -2.21. The zero-order chi connectivity index (χ0) is 21.1. The van der Waals surface area contributed by atoms with E-state index >= 15 is 0 Å². The highest BCUT2D eigenvalue weighted by molar-refractivity contribution is 9.10. The first-order valence-electron chi connectivity index (χ1n) is 10.8. The average molecular weight is 470 g/mol. The quantitative estimate of drug-likeness (QED) is 0.648. The second-order valence-corrected chi connectivity index (χ2v) is 9.23. The number of aryl methyl sites for hydroxylation is 1. The third kappa shape index (κ3) is 4.59. The number of pyridine rings is 1. The number of hydrogen-bond acceptors (Lipinski definition) is 3. The van der Waals surface area contributed by atoms with Crippen molar-refractivity contribution in [2.45, 2.75) is 44.9 Å². The van der Waals surface area contributed by atoms with Gasteiger partial charge in [-0.25, -0.2) is 0 Å². The molecule has 0 aliphatic carbocycles. The minimum atomic E-state index is 0.0663. The van der Waals surface area contributed by atoms with E-state index in [0.29, 0.717) is 18.7 Å². The lowest BCUT2D eigenvalue weighted by Gasteiger charge is -2.33. The van der Waals surface area contributed by atoms with Gasteiger partial charge in [-0.15, -0.1) is 0 Å². The summed E-state index contributed by atoms with van der Waals surface area (Å²) in [4.78, 5) is 34.7. The van der Waals surface area contributed by atoms with E-state index in [1.165, 1.54) is 6.42 Å². The highest BCUT2D eigenvalue weighted by atomic mass is 79.9. The zero-order valence-corrected chi connectivity index (χ0v) is 19.0. The molecule has 2 saturated heterocycles. The maximum Gasteiger partial charge on any atom is 0.255 e. The van der Waals surface area contributed by atoms with Crippen LogP contribution in [0.3, 0.4) is 0 Å². The summed E-state index contributed by atoms with van der Waals surface area (Å²) < 4.78 is 0.910. The summed E-state index contributed by atoms with van der Waals surface area (Å²) in [7, 11) is 0. The third-order valence-electron chi connectivity index (χ3n) is 6.18. The lowest BCUT2D eigenvalue weighted by atomic mass is 9.89. The molecule has 0 radical (unpaired) electrons. The van der Waals surface area contributed by atoms with Gasteiger partial charge in [-0.2, -0.15) is 0 Å². The Labute approximate surface area is 186 Å². The molecule has 6 heteroatoms. The van der Waals surface area contributed by atoms with Gasteiger partial charge in [0.15, 0.2) is 0 Å². The number of nitrogens with zero attached hydrogens (tertiary/aromatic N) is 3. The maximum absolute atomic E-state index is 13.2. The molecule has 4 rings (SSSR count). The highest BCUT2D eigenvalue weighted by Crippen LogP contribution is 2.31. The SMILES string of the molecule is Cc1ccc(C(=O)N2CCCCC2)c(C2CCN(C(=O)c3cccc(Br)c3)CC2)n1. The largest absolute Gasteiger partial charge is 0.339 e. The molecule has 0 atom stereocenters. The molecular formula is C24H28BrN3O2. The Morgan fingerprint density at radius 3 is 2.33 bits per heavy atom. The number of carbonyl (C=O) groups is 2. The normalized spacial score (nSPS) is 17.8. The number of benzene rings is 1. The van der Waals surface area contributed by atoms with E-state index in [-0.39, 0.29) is 17.7 Å². The summed E-state index contributed by atoms with van der Waals surface area (Å²) in [6, 6.07) is 11.4. The predicted molar refractivity (Wildman–Crippen MR) is 121 cm³/mol. The van der Waals surface area contributed by atoms with Gasteiger partial charge in [0.1, 0.15) is 0 Å². The molecule has 2 aliphatic heterocycles. The molecule has 2 aliphatic rings. The Morgan fingerprint density at radius 2 is 1.63 bits per heavy atom. The van der Waals surface area contributed by atoms with Crippen LogP contribution in [0.5, 0.6) is 0 Å². The van der Waals surface area contributed by atoms with Crippen LogP contribution in [-0.2, 0) is 0 Å². The molecule has 2 amide bonds. The Morgan fingerprint density at radius 1 is 0.933 bits per heavy atom. The number of likely N-dealkylation sites (tertiary alicyclic amines) is 2. The van der Waals surface area contributed by atoms with Gasteiger partial charge in [0.05, 0.1) is 11.3 Å². The average Bonchev–Trinajstić information content (AvgIpc) is 2.79. The predicted octanol–water partition coefficient (Wildman–Crippen LogP) is 4.80. The van der Waals surface area contributed by atoms with Gasteiger partial charge in [-0.05, 0) is 69.4 Å². The summed E-state index contributed by atoms with van der Waals surface area (Å²) in [5.74, 6) is 0.390. The number of rotatable bonds is 3. The molecule has 0 saturated carbocycles. The highest BCUT2D eigenvalue weighted by Gasteiger charge is 2.30. The first-order chi connectivity index (χ1) is 14.5. The summed E-state index contributed by atoms with van der Waals surface area (Å²) in [5, 5.41) is 0. The van der Waals surface area contributed by atoms with Gasteiger partial charge < -0.3 is 9.80 Å². The minimum Gasteiger partial charge on any atom is -0.339 e. The van der Waals surface area contributed by atoms with E-state index in [2.05, 4.69) is 15.9 Å². The minimum absolute atomic E-state index is 0.0663. The number of carbonyl (C=O) groups excluding carboxylic acids is 2. The summed E-state index contributed by atoms with van der Waals surface area (Å²) in [6.45, 7) is 5.02. The van der Waals surface area contributed by atoms with Crippen LogP contribution in [0.15, 0.2) is 40.9 Å². The molecule has 30 heavy (non-hydrogen) atoms. The first-order valence-corrected chi connectivity index (χ1v) is 11.6.